The van der Waals surface area contributed by atoms with E-state index in [2.05, 4.69) is 68.4 Å². The summed E-state index contributed by atoms with van der Waals surface area (Å²) < 4.78 is 28.6. The van der Waals surface area contributed by atoms with E-state index in [-0.39, 0.29) is 4.90 Å². The van der Waals surface area contributed by atoms with Crippen LogP contribution >= 0.6 is 63.7 Å². The molecule has 0 amide bonds. The van der Waals surface area contributed by atoms with Crippen molar-refractivity contribution in [1.82, 2.24) is 4.72 Å². The van der Waals surface area contributed by atoms with Crippen molar-refractivity contribution in [3.05, 3.63) is 27.1 Å². The Balaban J connectivity index is 3.18. The minimum atomic E-state index is -3.58. The lowest BCUT2D eigenvalue weighted by Gasteiger charge is -2.26. The molecule has 0 unspecified atom stereocenters. The summed E-state index contributed by atoms with van der Waals surface area (Å²) >= 11 is 13.2. The molecule has 18 heavy (non-hydrogen) atoms. The average Bonchev–Trinajstić information content (AvgIpc) is 2.31. The summed E-state index contributed by atoms with van der Waals surface area (Å²) in [7, 11) is -3.58. The normalized spacial score (nSPS) is 12.7. The molecule has 1 N–H and O–H groups in total. The van der Waals surface area contributed by atoms with Gasteiger partial charge in [0.1, 0.15) is 0 Å². The highest BCUT2D eigenvalue weighted by atomic mass is 79.9. The molecule has 0 fully saturated rings. The van der Waals surface area contributed by atoms with E-state index < -0.39 is 15.6 Å². The molecule has 0 bridgehead atoms. The van der Waals surface area contributed by atoms with E-state index >= 15 is 0 Å². The summed E-state index contributed by atoms with van der Waals surface area (Å²) in [6.07, 6.45) is 0. The van der Waals surface area contributed by atoms with Crippen LogP contribution in [0.3, 0.4) is 0 Å². The van der Waals surface area contributed by atoms with Gasteiger partial charge in [-0.05, 0) is 41.1 Å². The van der Waals surface area contributed by atoms with E-state index in [1.807, 2.05) is 6.92 Å². The van der Waals surface area contributed by atoms with Crippen LogP contribution in [0.5, 0.6) is 0 Å². The number of halogens is 4. The van der Waals surface area contributed by atoms with E-state index in [0.717, 1.165) is 0 Å². The molecule has 1 rings (SSSR count). The Morgan fingerprint density at radius 1 is 1.22 bits per heavy atom. The molecule has 0 saturated heterocycles. The molecule has 0 aliphatic carbocycles. The summed E-state index contributed by atoms with van der Waals surface area (Å²) in [4.78, 5) is 0.213. The molecule has 0 atom stereocenters. The Morgan fingerprint density at radius 2 is 1.78 bits per heavy atom. The Hall–Kier alpha value is 1.05. The second kappa shape index (κ2) is 6.67. The Kier molecular flexibility index (Phi) is 6.34. The van der Waals surface area contributed by atoms with Crippen molar-refractivity contribution in [3.63, 3.8) is 0 Å². The second-order valence-electron chi connectivity index (χ2n) is 4.01. The number of hydrogen-bond donors (Lipinski definition) is 1. The predicted octanol–water partition coefficient (Wildman–Crippen LogP) is 4.04. The predicted molar refractivity (Wildman–Crippen MR) is 88.2 cm³/mol. The molecule has 0 aliphatic rings. The van der Waals surface area contributed by atoms with Gasteiger partial charge >= 0.3 is 0 Å². The zero-order chi connectivity index (χ0) is 14.0. The Bertz CT molecular complexity index is 529. The van der Waals surface area contributed by atoms with Gasteiger partial charge in [0.15, 0.2) is 0 Å². The number of hydrogen-bond acceptors (Lipinski definition) is 2. The molecule has 0 aliphatic heterocycles. The van der Waals surface area contributed by atoms with Gasteiger partial charge in [0.2, 0.25) is 10.0 Å². The van der Waals surface area contributed by atoms with Crippen LogP contribution in [0.15, 0.2) is 32.0 Å². The highest BCUT2D eigenvalue weighted by Crippen LogP contribution is 2.27. The lowest BCUT2D eigenvalue weighted by Crippen LogP contribution is -2.48. The van der Waals surface area contributed by atoms with Gasteiger partial charge in [0.25, 0.3) is 0 Å². The summed E-state index contributed by atoms with van der Waals surface area (Å²) in [6, 6.07) is 5.03. The van der Waals surface area contributed by atoms with Gasteiger partial charge < -0.3 is 0 Å². The summed E-state index contributed by atoms with van der Waals surface area (Å²) in [5, 5.41) is 1.02. The molecule has 0 saturated carbocycles. The molecule has 8 heteroatoms. The molecule has 0 radical (unpaired) electrons. The molecule has 0 heterocycles. The topological polar surface area (TPSA) is 46.2 Å². The third-order valence-electron chi connectivity index (χ3n) is 2.15. The van der Waals surface area contributed by atoms with Gasteiger partial charge in [-0.25, -0.2) is 13.1 Å². The van der Waals surface area contributed by atoms with E-state index in [0.29, 0.717) is 19.6 Å². The largest absolute Gasteiger partial charge is 0.242 e. The quantitative estimate of drug-likeness (QED) is 0.587. The summed E-state index contributed by atoms with van der Waals surface area (Å²) in [6.45, 7) is 1.82. The smallest absolute Gasteiger partial charge is 0.207 e. The molecule has 0 spiro atoms. The zero-order valence-corrected chi connectivity index (χ0v) is 16.5. The number of rotatable bonds is 5. The van der Waals surface area contributed by atoms with E-state index in [9.17, 15) is 8.42 Å². The molecular formula is C10H11Br4NO2S. The number of nitrogens with one attached hydrogen (secondary N) is 1. The Morgan fingerprint density at radius 3 is 2.28 bits per heavy atom. The molecule has 1 aromatic carbocycles. The van der Waals surface area contributed by atoms with Crippen LogP contribution in [0.25, 0.3) is 0 Å². The van der Waals surface area contributed by atoms with Crippen LogP contribution in [-0.4, -0.2) is 24.6 Å². The fourth-order valence-corrected chi connectivity index (χ4v) is 5.64. The van der Waals surface area contributed by atoms with Crippen molar-refractivity contribution in [2.75, 3.05) is 10.7 Å². The van der Waals surface area contributed by atoms with Crippen molar-refractivity contribution in [2.24, 2.45) is 0 Å². The van der Waals surface area contributed by atoms with Gasteiger partial charge in [0, 0.05) is 25.1 Å². The fraction of sp³-hybridized carbons (Fsp3) is 0.400. The minimum Gasteiger partial charge on any atom is -0.207 e. The lowest BCUT2D eigenvalue weighted by atomic mass is 10.1. The zero-order valence-electron chi connectivity index (χ0n) is 9.38. The maximum Gasteiger partial charge on any atom is 0.242 e. The number of sulfonamides is 1. The van der Waals surface area contributed by atoms with Crippen LogP contribution in [-0.2, 0) is 10.0 Å². The standard InChI is InChI=1S/C10H11Br4NO2S/c1-10(5-11,6-12)15-18(16,17)9-4-7(13)2-3-8(9)14/h2-4,15H,5-6H2,1H3. The summed E-state index contributed by atoms with van der Waals surface area (Å²) in [5.74, 6) is 0. The molecule has 0 aromatic heterocycles. The molecule has 3 nitrogen and oxygen atoms in total. The molecule has 102 valence electrons. The maximum absolute atomic E-state index is 12.3. The highest BCUT2D eigenvalue weighted by molar-refractivity contribution is 9.11. The third kappa shape index (κ3) is 4.28. The van der Waals surface area contributed by atoms with Crippen molar-refractivity contribution >= 4 is 73.7 Å². The van der Waals surface area contributed by atoms with Crippen molar-refractivity contribution in [1.29, 1.82) is 0 Å². The average molecular weight is 529 g/mol. The van der Waals surface area contributed by atoms with Crippen LogP contribution in [0.2, 0.25) is 0 Å². The van der Waals surface area contributed by atoms with Crippen molar-refractivity contribution < 1.29 is 8.42 Å². The van der Waals surface area contributed by atoms with Gasteiger partial charge in [-0.3, -0.25) is 0 Å². The Labute approximate surface area is 141 Å². The van der Waals surface area contributed by atoms with Gasteiger partial charge in [-0.2, -0.15) is 0 Å². The summed E-state index contributed by atoms with van der Waals surface area (Å²) in [5.41, 5.74) is -0.583. The van der Waals surface area contributed by atoms with Gasteiger partial charge in [-0.1, -0.05) is 47.8 Å². The van der Waals surface area contributed by atoms with E-state index in [1.165, 1.54) is 0 Å². The SMILES string of the molecule is CC(CBr)(CBr)NS(=O)(=O)c1cc(Br)ccc1Br. The monoisotopic (exact) mass is 525 g/mol. The van der Waals surface area contributed by atoms with Gasteiger partial charge in [0.05, 0.1) is 4.90 Å². The van der Waals surface area contributed by atoms with Gasteiger partial charge in [-0.15, -0.1) is 0 Å². The first kappa shape index (κ1) is 17.1. The minimum absolute atomic E-state index is 0.213. The van der Waals surface area contributed by atoms with Crippen LogP contribution in [0.4, 0.5) is 0 Å². The number of benzene rings is 1. The van der Waals surface area contributed by atoms with Crippen LogP contribution in [0, 0.1) is 0 Å². The highest BCUT2D eigenvalue weighted by Gasteiger charge is 2.30. The lowest BCUT2D eigenvalue weighted by molar-refractivity contribution is 0.508. The first-order valence-corrected chi connectivity index (χ1v) is 10.2. The first-order chi connectivity index (χ1) is 8.24. The first-order valence-electron chi connectivity index (χ1n) is 4.85. The molecular weight excluding hydrogens is 518 g/mol. The maximum atomic E-state index is 12.3. The number of alkyl halides is 2. The van der Waals surface area contributed by atoms with Crippen LogP contribution < -0.4 is 4.72 Å². The fourth-order valence-electron chi connectivity index (χ4n) is 1.15. The van der Waals surface area contributed by atoms with E-state index in [4.69, 9.17) is 0 Å². The molecule has 1 aromatic rings. The van der Waals surface area contributed by atoms with E-state index in [1.54, 1.807) is 18.2 Å². The van der Waals surface area contributed by atoms with Crippen molar-refractivity contribution in [3.8, 4) is 0 Å². The third-order valence-corrected chi connectivity index (χ3v) is 7.75. The van der Waals surface area contributed by atoms with Crippen LogP contribution in [0.1, 0.15) is 6.92 Å². The van der Waals surface area contributed by atoms with Crippen molar-refractivity contribution in [2.45, 2.75) is 17.4 Å². The second-order valence-corrected chi connectivity index (χ2v) is 8.55.